The fourth-order valence-corrected chi connectivity index (χ4v) is 3.84. The molecule has 0 amide bonds. The highest BCUT2D eigenvalue weighted by Crippen LogP contribution is 2.37. The maximum absolute atomic E-state index is 13.5. The molecule has 0 aliphatic heterocycles. The summed E-state index contributed by atoms with van der Waals surface area (Å²) in [6, 6.07) is 5.32. The number of pyridine rings is 2. The highest BCUT2D eigenvalue weighted by molar-refractivity contribution is 7.99. The van der Waals surface area contributed by atoms with Crippen LogP contribution in [0.1, 0.15) is 26.3 Å². The Labute approximate surface area is 184 Å². The summed E-state index contributed by atoms with van der Waals surface area (Å²) in [6.07, 6.45) is -2.28. The van der Waals surface area contributed by atoms with Crippen LogP contribution in [0.5, 0.6) is 0 Å². The number of fused-ring (bicyclic) bond motifs is 1. The van der Waals surface area contributed by atoms with Crippen molar-refractivity contribution in [2.75, 3.05) is 5.75 Å². The fraction of sp³-hybridized carbons (Fsp3) is 0.400. The summed E-state index contributed by atoms with van der Waals surface area (Å²) in [5.74, 6) is -4.28. The van der Waals surface area contributed by atoms with E-state index in [-0.39, 0.29) is 22.4 Å². The number of hydrogen-bond donors (Lipinski definition) is 1. The van der Waals surface area contributed by atoms with Crippen LogP contribution in [-0.4, -0.2) is 37.6 Å². The van der Waals surface area contributed by atoms with Crippen LogP contribution in [0.3, 0.4) is 0 Å². The van der Waals surface area contributed by atoms with Crippen LogP contribution in [0.2, 0.25) is 0 Å². The second-order valence-electron chi connectivity index (χ2n) is 7.59. The van der Waals surface area contributed by atoms with E-state index in [1.165, 1.54) is 24.0 Å². The third kappa shape index (κ3) is 4.34. The van der Waals surface area contributed by atoms with E-state index >= 15 is 0 Å². The number of hydrogen-bond acceptors (Lipinski definition) is 5. The Morgan fingerprint density at radius 2 is 1.88 bits per heavy atom. The number of aromatic nitrogens is 4. The Morgan fingerprint density at radius 3 is 2.47 bits per heavy atom. The SMILES string of the molecule is CCSc1cc(C(C)(C)C#N)c[n+](O)c1-c1cc2ncn(CC(F)(F)C(F)(F)F)c2cn1. The largest absolute Gasteiger partial charge is 0.455 e. The first-order valence-corrected chi connectivity index (χ1v) is 10.4. The van der Waals surface area contributed by atoms with Crippen molar-refractivity contribution in [3.63, 3.8) is 0 Å². The molecule has 3 aromatic rings. The molecule has 0 radical (unpaired) electrons. The second kappa shape index (κ2) is 8.20. The van der Waals surface area contributed by atoms with E-state index in [9.17, 15) is 32.4 Å². The third-order valence-electron chi connectivity index (χ3n) is 4.85. The van der Waals surface area contributed by atoms with Crippen molar-refractivity contribution in [2.45, 2.75) is 49.7 Å². The smallest absolute Gasteiger partial charge is 0.323 e. The number of alkyl halides is 5. The van der Waals surface area contributed by atoms with Gasteiger partial charge in [0.15, 0.2) is 0 Å². The normalized spacial score (nSPS) is 12.8. The van der Waals surface area contributed by atoms with Gasteiger partial charge in [0.2, 0.25) is 6.20 Å². The molecule has 0 fully saturated rings. The van der Waals surface area contributed by atoms with Crippen molar-refractivity contribution in [3.8, 4) is 17.5 Å². The van der Waals surface area contributed by atoms with E-state index in [1.807, 2.05) is 6.92 Å². The van der Waals surface area contributed by atoms with Gasteiger partial charge >= 0.3 is 12.1 Å². The molecule has 1 N–H and O–H groups in total. The molecule has 170 valence electrons. The molecule has 12 heteroatoms. The third-order valence-corrected chi connectivity index (χ3v) is 5.76. The molecule has 0 aromatic carbocycles. The summed E-state index contributed by atoms with van der Waals surface area (Å²) in [6.45, 7) is 3.69. The first-order valence-electron chi connectivity index (χ1n) is 9.40. The summed E-state index contributed by atoms with van der Waals surface area (Å²) in [4.78, 5) is 8.72. The minimum Gasteiger partial charge on any atom is -0.323 e. The lowest BCUT2D eigenvalue weighted by atomic mass is 9.87. The zero-order chi connectivity index (χ0) is 23.9. The molecule has 0 aliphatic rings. The van der Waals surface area contributed by atoms with E-state index in [1.54, 1.807) is 19.9 Å². The van der Waals surface area contributed by atoms with Crippen LogP contribution in [0.25, 0.3) is 22.4 Å². The van der Waals surface area contributed by atoms with Gasteiger partial charge in [-0.05, 0) is 31.7 Å². The van der Waals surface area contributed by atoms with Gasteiger partial charge in [-0.15, -0.1) is 11.8 Å². The van der Waals surface area contributed by atoms with Crippen LogP contribution < -0.4 is 4.73 Å². The maximum atomic E-state index is 13.5. The Morgan fingerprint density at radius 1 is 1.19 bits per heavy atom. The van der Waals surface area contributed by atoms with E-state index in [0.29, 0.717) is 20.8 Å². The van der Waals surface area contributed by atoms with E-state index < -0.39 is 24.1 Å². The first kappa shape index (κ1) is 23.7. The van der Waals surface area contributed by atoms with Gasteiger partial charge in [0, 0.05) is 10.3 Å². The van der Waals surface area contributed by atoms with E-state index in [2.05, 4.69) is 16.0 Å². The van der Waals surface area contributed by atoms with Crippen LogP contribution in [0.15, 0.2) is 35.7 Å². The average molecular weight is 472 g/mol. The second-order valence-corrected chi connectivity index (χ2v) is 8.89. The Balaban J connectivity index is 2.08. The topological polar surface area (TPSA) is 78.6 Å². The molecule has 0 spiro atoms. The fourth-order valence-electron chi connectivity index (χ4n) is 2.99. The molecule has 0 saturated carbocycles. The number of thioether (sulfide) groups is 1. The van der Waals surface area contributed by atoms with Crippen LogP contribution in [0.4, 0.5) is 22.0 Å². The van der Waals surface area contributed by atoms with Crippen molar-refractivity contribution >= 4 is 22.8 Å². The number of imidazole rings is 1. The van der Waals surface area contributed by atoms with Crippen molar-refractivity contribution < 1.29 is 31.9 Å². The van der Waals surface area contributed by atoms with Gasteiger partial charge in [-0.2, -0.15) is 27.2 Å². The number of rotatable bonds is 6. The van der Waals surface area contributed by atoms with Crippen molar-refractivity contribution in [1.29, 1.82) is 5.26 Å². The molecular formula is C20H19F5N5OS+. The lowest BCUT2D eigenvalue weighted by Gasteiger charge is -2.20. The predicted molar refractivity (Wildman–Crippen MR) is 106 cm³/mol. The van der Waals surface area contributed by atoms with E-state index in [0.717, 1.165) is 17.3 Å². The van der Waals surface area contributed by atoms with Crippen LogP contribution in [-0.2, 0) is 12.0 Å². The van der Waals surface area contributed by atoms with Crippen molar-refractivity contribution in [2.24, 2.45) is 0 Å². The van der Waals surface area contributed by atoms with Crippen molar-refractivity contribution in [3.05, 3.63) is 36.4 Å². The van der Waals surface area contributed by atoms with Gasteiger partial charge in [-0.1, -0.05) is 6.92 Å². The molecule has 0 aliphatic carbocycles. The zero-order valence-electron chi connectivity index (χ0n) is 17.3. The minimum absolute atomic E-state index is 0.00547. The van der Waals surface area contributed by atoms with Gasteiger partial charge < -0.3 is 4.57 Å². The summed E-state index contributed by atoms with van der Waals surface area (Å²) in [7, 11) is 0. The Hall–Kier alpha value is -2.94. The van der Waals surface area contributed by atoms with Crippen molar-refractivity contribution in [1.82, 2.24) is 14.5 Å². The summed E-state index contributed by atoms with van der Waals surface area (Å²) in [5.41, 5.74) is 0.362. The van der Waals surface area contributed by atoms with Crippen LogP contribution >= 0.6 is 11.8 Å². The van der Waals surface area contributed by atoms with Gasteiger partial charge in [0.1, 0.15) is 5.69 Å². The molecule has 0 bridgehead atoms. The van der Waals surface area contributed by atoms with Gasteiger partial charge in [0.25, 0.3) is 5.69 Å². The average Bonchev–Trinajstić information content (AvgIpc) is 3.08. The predicted octanol–water partition coefficient (Wildman–Crippen LogP) is 4.73. The monoisotopic (exact) mass is 472 g/mol. The molecule has 0 saturated heterocycles. The zero-order valence-corrected chi connectivity index (χ0v) is 18.1. The molecule has 6 nitrogen and oxygen atoms in total. The molecule has 0 unspecified atom stereocenters. The maximum Gasteiger partial charge on any atom is 0.455 e. The van der Waals surface area contributed by atoms with E-state index in [4.69, 9.17) is 0 Å². The Bertz CT molecular complexity index is 1200. The number of halogens is 5. The molecular weight excluding hydrogens is 453 g/mol. The lowest BCUT2D eigenvalue weighted by molar-refractivity contribution is -0.897. The standard InChI is InChI=1S/C20H19F5N5OS/c1-4-32-16-5-12(18(2,3)9-26)8-30(31)17(16)14-6-13-15(7-27-14)29(11-28-13)10-19(21,22)20(23,24)25/h5-8,11,31H,4,10H2,1-3H3/q+1. The van der Waals surface area contributed by atoms with Gasteiger partial charge in [-0.3, -0.25) is 5.21 Å². The molecule has 0 atom stereocenters. The highest BCUT2D eigenvalue weighted by Gasteiger charge is 2.57. The quantitative estimate of drug-likeness (QED) is 0.243. The lowest BCUT2D eigenvalue weighted by Crippen LogP contribution is -2.40. The first-order chi connectivity index (χ1) is 14.8. The number of nitrogens with zero attached hydrogens (tertiary/aromatic N) is 5. The molecule has 3 heterocycles. The molecule has 3 rings (SSSR count). The van der Waals surface area contributed by atoms with Gasteiger partial charge in [-0.25, -0.2) is 9.97 Å². The Kier molecular flexibility index (Phi) is 6.08. The summed E-state index contributed by atoms with van der Waals surface area (Å²) < 4.78 is 66.1. The summed E-state index contributed by atoms with van der Waals surface area (Å²) in [5, 5.41) is 20.0. The van der Waals surface area contributed by atoms with Crippen LogP contribution in [0, 0.1) is 11.3 Å². The molecule has 3 aromatic heterocycles. The molecule has 32 heavy (non-hydrogen) atoms. The minimum atomic E-state index is -5.69. The number of nitriles is 1. The summed E-state index contributed by atoms with van der Waals surface area (Å²) >= 11 is 1.39. The van der Waals surface area contributed by atoms with Gasteiger partial charge in [0.05, 0.1) is 46.5 Å². The highest BCUT2D eigenvalue weighted by atomic mass is 32.2.